The average Bonchev–Trinajstić information content (AvgIpc) is 2.38. The number of morpholine rings is 1. The summed E-state index contributed by atoms with van der Waals surface area (Å²) >= 11 is 5.81. The smallest absolute Gasteiger partial charge is 0.225 e. The van der Waals surface area contributed by atoms with E-state index < -0.39 is 0 Å². The topological polar surface area (TPSA) is 41.6 Å². The van der Waals surface area contributed by atoms with Crippen LogP contribution in [0.25, 0.3) is 0 Å². The second-order valence-corrected chi connectivity index (χ2v) is 5.76. The van der Waals surface area contributed by atoms with Gasteiger partial charge in [0.15, 0.2) is 0 Å². The molecule has 1 aliphatic rings. The molecule has 0 saturated carbocycles. The molecule has 2 rings (SSSR count). The summed E-state index contributed by atoms with van der Waals surface area (Å²) in [5.41, 5.74) is 0.781. The molecule has 1 amide bonds. The Balaban J connectivity index is 1.76. The summed E-state index contributed by atoms with van der Waals surface area (Å²) in [6.07, 6.45) is 0.957. The molecule has 1 heterocycles. The minimum absolute atomic E-state index is 0.0270. The van der Waals surface area contributed by atoms with Crippen LogP contribution in [0.4, 0.5) is 5.69 Å². The van der Waals surface area contributed by atoms with E-state index in [1.807, 2.05) is 0 Å². The molecule has 1 aromatic rings. The molecule has 5 heteroatoms. The van der Waals surface area contributed by atoms with Crippen LogP contribution in [0.2, 0.25) is 5.02 Å². The highest BCUT2D eigenvalue weighted by Crippen LogP contribution is 2.14. The van der Waals surface area contributed by atoms with Crippen molar-refractivity contribution in [3.05, 3.63) is 29.3 Å². The van der Waals surface area contributed by atoms with Crippen molar-refractivity contribution in [2.24, 2.45) is 0 Å². The Morgan fingerprint density at radius 3 is 2.50 bits per heavy atom. The van der Waals surface area contributed by atoms with Crippen molar-refractivity contribution < 1.29 is 9.53 Å². The summed E-state index contributed by atoms with van der Waals surface area (Å²) in [5, 5.41) is 3.54. The van der Waals surface area contributed by atoms with Gasteiger partial charge >= 0.3 is 0 Å². The third-order valence-electron chi connectivity index (χ3n) is 3.28. The number of benzene rings is 1. The van der Waals surface area contributed by atoms with Gasteiger partial charge in [0.1, 0.15) is 0 Å². The highest BCUT2D eigenvalue weighted by atomic mass is 35.5. The molecule has 1 aromatic carbocycles. The molecule has 1 aliphatic heterocycles. The Hall–Kier alpha value is -1.10. The molecule has 1 fully saturated rings. The first-order valence-corrected chi connectivity index (χ1v) is 7.34. The van der Waals surface area contributed by atoms with Gasteiger partial charge in [-0.15, -0.1) is 0 Å². The molecule has 2 atom stereocenters. The maximum Gasteiger partial charge on any atom is 0.225 e. The number of halogens is 1. The van der Waals surface area contributed by atoms with Gasteiger partial charge in [0.25, 0.3) is 0 Å². The van der Waals surface area contributed by atoms with Crippen molar-refractivity contribution in [3.8, 4) is 0 Å². The first-order valence-electron chi connectivity index (χ1n) is 6.96. The molecular weight excluding hydrogens is 276 g/mol. The number of nitrogens with one attached hydrogen (secondary N) is 1. The van der Waals surface area contributed by atoms with Crippen molar-refractivity contribution in [1.29, 1.82) is 0 Å². The molecule has 0 radical (unpaired) electrons. The predicted octanol–water partition coefficient (Wildman–Crippen LogP) is 2.78. The van der Waals surface area contributed by atoms with E-state index >= 15 is 0 Å². The van der Waals surface area contributed by atoms with Crippen molar-refractivity contribution >= 4 is 23.2 Å². The van der Waals surface area contributed by atoms with Crippen molar-refractivity contribution in [2.75, 3.05) is 25.0 Å². The van der Waals surface area contributed by atoms with Crippen molar-refractivity contribution in [2.45, 2.75) is 32.5 Å². The Bertz CT molecular complexity index is 440. The number of carbonyl (C=O) groups is 1. The van der Waals surface area contributed by atoms with Crippen LogP contribution < -0.4 is 5.32 Å². The highest BCUT2D eigenvalue weighted by molar-refractivity contribution is 6.30. The van der Waals surface area contributed by atoms with E-state index in [1.165, 1.54) is 0 Å². The molecule has 110 valence electrons. The lowest BCUT2D eigenvalue weighted by Crippen LogP contribution is -2.46. The van der Waals surface area contributed by atoms with E-state index in [-0.39, 0.29) is 18.1 Å². The first-order chi connectivity index (χ1) is 9.52. The average molecular weight is 297 g/mol. The van der Waals surface area contributed by atoms with Crippen LogP contribution in [0.15, 0.2) is 24.3 Å². The lowest BCUT2D eigenvalue weighted by molar-refractivity contribution is -0.117. The molecule has 0 aliphatic carbocycles. The van der Waals surface area contributed by atoms with Crippen LogP contribution in [0.5, 0.6) is 0 Å². The van der Waals surface area contributed by atoms with E-state index in [4.69, 9.17) is 16.3 Å². The largest absolute Gasteiger partial charge is 0.373 e. The number of hydrogen-bond acceptors (Lipinski definition) is 3. The van der Waals surface area contributed by atoms with Gasteiger partial charge in [-0.2, -0.15) is 0 Å². The van der Waals surface area contributed by atoms with E-state index in [2.05, 4.69) is 24.1 Å². The lowest BCUT2D eigenvalue weighted by Gasteiger charge is -2.35. The zero-order chi connectivity index (χ0) is 14.5. The van der Waals surface area contributed by atoms with Crippen LogP contribution in [0.3, 0.4) is 0 Å². The quantitative estimate of drug-likeness (QED) is 0.929. The summed E-state index contributed by atoms with van der Waals surface area (Å²) in [6, 6.07) is 7.14. The molecule has 0 aromatic heterocycles. The summed E-state index contributed by atoms with van der Waals surface area (Å²) < 4.78 is 5.68. The maximum absolute atomic E-state index is 11.9. The van der Waals surface area contributed by atoms with Gasteiger partial charge in [0, 0.05) is 36.8 Å². The standard InChI is InChI=1S/C15H21ClN2O2/c1-11-9-18(10-12(2)20-11)8-7-15(19)17-14-5-3-13(16)4-6-14/h3-6,11-12H,7-10H2,1-2H3,(H,17,19)/t11-,12-/m0/s1. The Morgan fingerprint density at radius 2 is 1.90 bits per heavy atom. The SMILES string of the molecule is C[C@H]1CN(CCC(=O)Nc2ccc(Cl)cc2)C[C@H](C)O1. The van der Waals surface area contributed by atoms with Gasteiger partial charge in [-0.1, -0.05) is 11.6 Å². The fraction of sp³-hybridized carbons (Fsp3) is 0.533. The number of ether oxygens (including phenoxy) is 1. The van der Waals surface area contributed by atoms with Gasteiger partial charge < -0.3 is 10.1 Å². The van der Waals surface area contributed by atoms with Gasteiger partial charge in [0.2, 0.25) is 5.91 Å². The number of nitrogens with zero attached hydrogens (tertiary/aromatic N) is 1. The van der Waals surface area contributed by atoms with Crippen LogP contribution in [0, 0.1) is 0 Å². The number of amides is 1. The van der Waals surface area contributed by atoms with Crippen LogP contribution in [-0.2, 0) is 9.53 Å². The van der Waals surface area contributed by atoms with E-state index in [1.54, 1.807) is 24.3 Å². The van der Waals surface area contributed by atoms with Crippen LogP contribution >= 0.6 is 11.6 Å². The molecule has 0 spiro atoms. The molecule has 20 heavy (non-hydrogen) atoms. The van der Waals surface area contributed by atoms with Gasteiger partial charge in [-0.25, -0.2) is 0 Å². The number of anilines is 1. The monoisotopic (exact) mass is 296 g/mol. The van der Waals surface area contributed by atoms with E-state index in [9.17, 15) is 4.79 Å². The van der Waals surface area contributed by atoms with Crippen molar-refractivity contribution in [3.63, 3.8) is 0 Å². The summed E-state index contributed by atoms with van der Waals surface area (Å²) in [5.74, 6) is 0.0270. The van der Waals surface area contributed by atoms with Crippen LogP contribution in [0.1, 0.15) is 20.3 Å². The third-order valence-corrected chi connectivity index (χ3v) is 3.53. The molecule has 4 nitrogen and oxygen atoms in total. The highest BCUT2D eigenvalue weighted by Gasteiger charge is 2.22. The van der Waals surface area contributed by atoms with Crippen molar-refractivity contribution in [1.82, 2.24) is 4.90 Å². The normalized spacial score (nSPS) is 23.6. The molecule has 1 N–H and O–H groups in total. The Morgan fingerprint density at radius 1 is 1.30 bits per heavy atom. The maximum atomic E-state index is 11.9. The number of carbonyl (C=O) groups excluding carboxylic acids is 1. The second-order valence-electron chi connectivity index (χ2n) is 5.32. The molecule has 0 unspecified atom stereocenters. The molecular formula is C15H21ClN2O2. The predicted molar refractivity (Wildman–Crippen MR) is 81.1 cm³/mol. The van der Waals surface area contributed by atoms with Gasteiger partial charge in [-0.3, -0.25) is 9.69 Å². The second kappa shape index (κ2) is 7.07. The zero-order valence-corrected chi connectivity index (χ0v) is 12.7. The minimum atomic E-state index is 0.0270. The Kier molecular flexibility index (Phi) is 5.40. The summed E-state index contributed by atoms with van der Waals surface area (Å²) in [7, 11) is 0. The molecule has 0 bridgehead atoms. The lowest BCUT2D eigenvalue weighted by atomic mass is 10.2. The fourth-order valence-corrected chi connectivity index (χ4v) is 2.61. The first kappa shape index (κ1) is 15.3. The Labute approximate surface area is 125 Å². The fourth-order valence-electron chi connectivity index (χ4n) is 2.48. The summed E-state index contributed by atoms with van der Waals surface area (Å²) in [4.78, 5) is 14.2. The number of hydrogen-bond donors (Lipinski definition) is 1. The van der Waals surface area contributed by atoms with Crippen LogP contribution in [-0.4, -0.2) is 42.6 Å². The van der Waals surface area contributed by atoms with Gasteiger partial charge in [-0.05, 0) is 38.1 Å². The number of rotatable bonds is 4. The minimum Gasteiger partial charge on any atom is -0.373 e. The third kappa shape index (κ3) is 4.78. The van der Waals surface area contributed by atoms with E-state index in [0.717, 1.165) is 25.3 Å². The van der Waals surface area contributed by atoms with E-state index in [0.29, 0.717) is 11.4 Å². The summed E-state index contributed by atoms with van der Waals surface area (Å²) in [6.45, 7) is 6.67. The molecule has 1 saturated heterocycles. The zero-order valence-electron chi connectivity index (χ0n) is 11.9. The van der Waals surface area contributed by atoms with Gasteiger partial charge in [0.05, 0.1) is 12.2 Å².